The normalized spacial score (nSPS) is 25.9. The summed E-state index contributed by atoms with van der Waals surface area (Å²) < 4.78 is 5.53. The van der Waals surface area contributed by atoms with E-state index < -0.39 is 0 Å². The van der Waals surface area contributed by atoms with Crippen molar-refractivity contribution >= 4 is 17.2 Å². The van der Waals surface area contributed by atoms with E-state index in [9.17, 15) is 4.79 Å². The van der Waals surface area contributed by atoms with Crippen LogP contribution in [0.3, 0.4) is 0 Å². The molecule has 1 amide bonds. The van der Waals surface area contributed by atoms with Crippen molar-refractivity contribution in [3.05, 3.63) is 22.4 Å². The molecule has 0 bridgehead atoms. The third-order valence-electron chi connectivity index (χ3n) is 3.48. The highest BCUT2D eigenvalue weighted by molar-refractivity contribution is 7.09. The zero-order valence-corrected chi connectivity index (χ0v) is 12.1. The summed E-state index contributed by atoms with van der Waals surface area (Å²) in [6.07, 6.45) is 3.35. The van der Waals surface area contributed by atoms with Gasteiger partial charge in [-0.3, -0.25) is 4.79 Å². The molecule has 1 aromatic rings. The molecule has 1 saturated carbocycles. The summed E-state index contributed by atoms with van der Waals surface area (Å²) in [5.41, 5.74) is 5.90. The molecule has 5 heteroatoms. The lowest BCUT2D eigenvalue weighted by Gasteiger charge is -2.42. The summed E-state index contributed by atoms with van der Waals surface area (Å²) >= 11 is 1.74. The Balaban J connectivity index is 1.66. The van der Waals surface area contributed by atoms with E-state index in [-0.39, 0.29) is 24.1 Å². The zero-order chi connectivity index (χ0) is 13.7. The fourth-order valence-electron chi connectivity index (χ4n) is 2.36. The van der Waals surface area contributed by atoms with Crippen LogP contribution >= 0.6 is 11.3 Å². The van der Waals surface area contributed by atoms with Crippen LogP contribution in [0.15, 0.2) is 17.5 Å². The van der Waals surface area contributed by atoms with Crippen molar-refractivity contribution in [2.75, 3.05) is 6.61 Å². The fourth-order valence-corrected chi connectivity index (χ4v) is 3.11. The second kappa shape index (κ2) is 7.03. The first-order valence-electron chi connectivity index (χ1n) is 6.89. The Kier molecular flexibility index (Phi) is 5.36. The summed E-state index contributed by atoms with van der Waals surface area (Å²) in [6, 6.07) is 4.18. The molecule has 0 aliphatic heterocycles. The van der Waals surface area contributed by atoms with Crippen LogP contribution in [0.1, 0.15) is 31.1 Å². The molecule has 1 heterocycles. The molecule has 3 atom stereocenters. The fraction of sp³-hybridized carbons (Fsp3) is 0.643. The topological polar surface area (TPSA) is 64.3 Å². The van der Waals surface area contributed by atoms with Crippen molar-refractivity contribution in [2.45, 2.75) is 50.8 Å². The number of amides is 1. The predicted octanol–water partition coefficient (Wildman–Crippen LogP) is 1.69. The molecular formula is C14H22N2O2S. The molecule has 1 aromatic heterocycles. The predicted molar refractivity (Wildman–Crippen MR) is 77.2 cm³/mol. The van der Waals surface area contributed by atoms with Gasteiger partial charge < -0.3 is 15.8 Å². The van der Waals surface area contributed by atoms with Crippen LogP contribution in [0.2, 0.25) is 0 Å². The van der Waals surface area contributed by atoms with Crippen LogP contribution in [-0.2, 0) is 16.0 Å². The summed E-state index contributed by atoms with van der Waals surface area (Å²) in [5, 5.41) is 5.06. The van der Waals surface area contributed by atoms with Gasteiger partial charge in [0.1, 0.15) is 0 Å². The minimum Gasteiger partial charge on any atom is -0.376 e. The molecule has 1 aliphatic carbocycles. The third kappa shape index (κ3) is 4.03. The summed E-state index contributed by atoms with van der Waals surface area (Å²) in [4.78, 5) is 13.2. The average molecular weight is 282 g/mol. The standard InChI is InChI=1S/C14H22N2O2S/c1-2-18-12-9-11(15)14(12)16-13(17)7-3-5-10-6-4-8-19-10/h4,6,8,11-12,14H,2-3,5,7,9,15H2,1H3,(H,16,17). The Morgan fingerprint density at radius 3 is 3.11 bits per heavy atom. The van der Waals surface area contributed by atoms with Gasteiger partial charge in [-0.1, -0.05) is 6.07 Å². The van der Waals surface area contributed by atoms with E-state index in [2.05, 4.69) is 16.8 Å². The van der Waals surface area contributed by atoms with Crippen LogP contribution < -0.4 is 11.1 Å². The van der Waals surface area contributed by atoms with Crippen molar-refractivity contribution in [1.29, 1.82) is 0 Å². The molecule has 2 rings (SSSR count). The molecule has 4 nitrogen and oxygen atoms in total. The lowest BCUT2D eigenvalue weighted by Crippen LogP contribution is -2.64. The molecule has 106 valence electrons. The van der Waals surface area contributed by atoms with Crippen LogP contribution in [0, 0.1) is 0 Å². The van der Waals surface area contributed by atoms with Crippen LogP contribution in [0.5, 0.6) is 0 Å². The van der Waals surface area contributed by atoms with Gasteiger partial charge in [0.15, 0.2) is 0 Å². The molecule has 0 aromatic carbocycles. The average Bonchev–Trinajstić information content (AvgIpc) is 2.89. The highest BCUT2D eigenvalue weighted by atomic mass is 32.1. The Bertz CT molecular complexity index is 392. The van der Waals surface area contributed by atoms with Gasteiger partial charge >= 0.3 is 0 Å². The van der Waals surface area contributed by atoms with Gasteiger partial charge in [-0.2, -0.15) is 0 Å². The number of ether oxygens (including phenoxy) is 1. The maximum atomic E-state index is 11.9. The number of rotatable bonds is 7. The van der Waals surface area contributed by atoms with E-state index in [1.54, 1.807) is 11.3 Å². The maximum absolute atomic E-state index is 11.9. The SMILES string of the molecule is CCOC1CC(N)C1NC(=O)CCCc1cccs1. The van der Waals surface area contributed by atoms with Gasteiger partial charge in [-0.15, -0.1) is 11.3 Å². The van der Waals surface area contributed by atoms with E-state index >= 15 is 0 Å². The number of nitrogens with two attached hydrogens (primary N) is 1. The number of carbonyl (C=O) groups excluding carboxylic acids is 1. The van der Waals surface area contributed by atoms with E-state index in [0.29, 0.717) is 13.0 Å². The van der Waals surface area contributed by atoms with Gasteiger partial charge in [0.25, 0.3) is 0 Å². The number of aryl methyl sites for hydroxylation is 1. The first-order valence-corrected chi connectivity index (χ1v) is 7.77. The lowest BCUT2D eigenvalue weighted by atomic mass is 9.83. The molecule has 1 fully saturated rings. The minimum absolute atomic E-state index is 0.00538. The second-order valence-electron chi connectivity index (χ2n) is 4.92. The minimum atomic E-state index is -0.00538. The van der Waals surface area contributed by atoms with Crippen LogP contribution in [-0.4, -0.2) is 30.7 Å². The summed E-state index contributed by atoms with van der Waals surface area (Å²) in [5.74, 6) is 0.0846. The Morgan fingerprint density at radius 2 is 2.47 bits per heavy atom. The van der Waals surface area contributed by atoms with Crippen molar-refractivity contribution in [1.82, 2.24) is 5.32 Å². The Hall–Kier alpha value is -0.910. The van der Waals surface area contributed by atoms with Gasteiger partial charge in [-0.05, 0) is 37.6 Å². The first-order chi connectivity index (χ1) is 9.20. The number of thiophene rings is 1. The highest BCUT2D eigenvalue weighted by Gasteiger charge is 2.40. The van der Waals surface area contributed by atoms with E-state index in [0.717, 1.165) is 19.3 Å². The van der Waals surface area contributed by atoms with Gasteiger partial charge in [-0.25, -0.2) is 0 Å². The Morgan fingerprint density at radius 1 is 1.63 bits per heavy atom. The van der Waals surface area contributed by atoms with Gasteiger partial charge in [0.2, 0.25) is 5.91 Å². The lowest BCUT2D eigenvalue weighted by molar-refractivity contribution is -0.125. The van der Waals surface area contributed by atoms with E-state index in [4.69, 9.17) is 10.5 Å². The molecule has 0 saturated heterocycles. The van der Waals surface area contributed by atoms with Gasteiger partial charge in [0.05, 0.1) is 12.1 Å². The van der Waals surface area contributed by atoms with Gasteiger partial charge in [0, 0.05) is 23.9 Å². The number of carbonyl (C=O) groups is 1. The van der Waals surface area contributed by atoms with Crippen LogP contribution in [0.25, 0.3) is 0 Å². The third-order valence-corrected chi connectivity index (χ3v) is 4.42. The van der Waals surface area contributed by atoms with E-state index in [1.807, 2.05) is 13.0 Å². The van der Waals surface area contributed by atoms with Crippen molar-refractivity contribution in [2.24, 2.45) is 5.73 Å². The summed E-state index contributed by atoms with van der Waals surface area (Å²) in [7, 11) is 0. The molecule has 3 N–H and O–H groups in total. The van der Waals surface area contributed by atoms with Crippen molar-refractivity contribution < 1.29 is 9.53 Å². The quantitative estimate of drug-likeness (QED) is 0.800. The van der Waals surface area contributed by atoms with E-state index in [1.165, 1.54) is 4.88 Å². The molecular weight excluding hydrogens is 260 g/mol. The molecule has 0 spiro atoms. The molecule has 1 aliphatic rings. The molecule has 19 heavy (non-hydrogen) atoms. The number of nitrogens with one attached hydrogen (secondary N) is 1. The first kappa shape index (κ1) is 14.5. The van der Waals surface area contributed by atoms with Crippen LogP contribution in [0.4, 0.5) is 0 Å². The molecule has 0 radical (unpaired) electrons. The maximum Gasteiger partial charge on any atom is 0.220 e. The number of hydrogen-bond acceptors (Lipinski definition) is 4. The largest absolute Gasteiger partial charge is 0.376 e. The molecule has 3 unspecified atom stereocenters. The second-order valence-corrected chi connectivity index (χ2v) is 5.95. The summed E-state index contributed by atoms with van der Waals surface area (Å²) in [6.45, 7) is 2.63. The van der Waals surface area contributed by atoms with Crippen molar-refractivity contribution in [3.8, 4) is 0 Å². The Labute approximate surface area is 118 Å². The highest BCUT2D eigenvalue weighted by Crippen LogP contribution is 2.22. The van der Waals surface area contributed by atoms with Crippen molar-refractivity contribution in [3.63, 3.8) is 0 Å². The number of hydrogen-bond donors (Lipinski definition) is 2. The smallest absolute Gasteiger partial charge is 0.220 e. The zero-order valence-electron chi connectivity index (χ0n) is 11.3. The monoisotopic (exact) mass is 282 g/mol.